The number of phenols is 1. The molecule has 4 rings (SSSR count). The predicted molar refractivity (Wildman–Crippen MR) is 260 cm³/mol. The van der Waals surface area contributed by atoms with Crippen LogP contribution in [0.25, 0.3) is 0 Å². The summed E-state index contributed by atoms with van der Waals surface area (Å²) in [6, 6.07) is 22.1. The van der Waals surface area contributed by atoms with Crippen LogP contribution in [-0.4, -0.2) is 68.8 Å². The van der Waals surface area contributed by atoms with Crippen molar-refractivity contribution in [2.75, 3.05) is 0 Å². The maximum absolute atomic E-state index is 12.5. The van der Waals surface area contributed by atoms with Gasteiger partial charge in [-0.25, -0.2) is 8.42 Å². The maximum atomic E-state index is 12.5. The van der Waals surface area contributed by atoms with E-state index in [0.29, 0.717) is 29.9 Å². The summed E-state index contributed by atoms with van der Waals surface area (Å²) in [5, 5.41) is 22.8. The van der Waals surface area contributed by atoms with Crippen LogP contribution < -0.4 is 14.6 Å². The summed E-state index contributed by atoms with van der Waals surface area (Å²) >= 11 is 0. The second-order valence-corrected chi connectivity index (χ2v) is 19.5. The first kappa shape index (κ1) is 58.3. The molecule has 0 heterocycles. The molecule has 2 N–H and O–H groups in total. The molecule has 0 saturated carbocycles. The van der Waals surface area contributed by atoms with E-state index in [1.165, 1.54) is 128 Å². The van der Waals surface area contributed by atoms with Gasteiger partial charge in [0.25, 0.3) is 10.1 Å². The van der Waals surface area contributed by atoms with Gasteiger partial charge in [-0.15, -0.1) is 5.75 Å². The van der Waals surface area contributed by atoms with Crippen molar-refractivity contribution in [3.63, 3.8) is 0 Å². The molecule has 0 bridgehead atoms. The summed E-state index contributed by atoms with van der Waals surface area (Å²) in [7, 11) is -9.25. The standard InChI is InChI=1S/2C26H38O5S.Ca/c2*1-2-3-4-5-6-7-8-9-10-11-12-16-19-23-24(27)20-21-25(32(28,29)30)26(23)31-22-17-14-13-15-18-22;/h2*13-15,17-18,20-21,27H,2-12,16,19H2,1H3,(H,28,29,30);/q;;+2/p-2. The third-order valence-electron chi connectivity index (χ3n) is 11.4. The summed E-state index contributed by atoms with van der Waals surface area (Å²) in [4.78, 5) is -0.803. The van der Waals surface area contributed by atoms with Gasteiger partial charge >= 0.3 is 37.7 Å². The Morgan fingerprint density at radius 3 is 1.17 bits per heavy atom. The number of ether oxygens (including phenoxy) is 2. The van der Waals surface area contributed by atoms with Gasteiger partial charge in [0.2, 0.25) is 0 Å². The predicted octanol–water partition coefficient (Wildman–Crippen LogP) is 14.0. The van der Waals surface area contributed by atoms with Crippen molar-refractivity contribution in [2.24, 2.45) is 0 Å². The Bertz CT molecular complexity index is 1950. The number of para-hydroxylation sites is 2. The molecule has 0 atom stereocenters. The first-order valence-electron chi connectivity index (χ1n) is 23.9. The van der Waals surface area contributed by atoms with E-state index in [9.17, 15) is 36.2 Å². The SMILES string of the molecule is CCCCCCCCCCCCCCc1c(O)ccc(S(=O)(=O)O)c1Oc1ccccc1.CCCCCCCCCCCCCCc1c([O-])ccc(S(=O)(=O)[O-])c1Oc1ccccc1.[Ca+2]. The van der Waals surface area contributed by atoms with Crippen LogP contribution in [0.1, 0.15) is 179 Å². The number of aromatic hydroxyl groups is 1. The van der Waals surface area contributed by atoms with E-state index < -0.39 is 25.1 Å². The van der Waals surface area contributed by atoms with Crippen LogP contribution in [-0.2, 0) is 33.1 Å². The Hall–Kier alpha value is -2.84. The minimum Gasteiger partial charge on any atom is -0.872 e. The molecule has 0 aliphatic rings. The number of phenolic OH excluding ortho intramolecular Hbond substituents is 1. The molecule has 10 nitrogen and oxygen atoms in total. The maximum Gasteiger partial charge on any atom is 2.00 e. The van der Waals surface area contributed by atoms with Gasteiger partial charge < -0.3 is 24.2 Å². The topological polar surface area (TPSA) is 173 Å². The van der Waals surface area contributed by atoms with Gasteiger partial charge in [-0.05, 0) is 73.7 Å². The number of hydrogen-bond acceptors (Lipinski definition) is 9. The Morgan fingerprint density at radius 1 is 0.462 bits per heavy atom. The quantitative estimate of drug-likeness (QED) is 0.0272. The number of benzene rings is 4. The zero-order valence-electron chi connectivity index (χ0n) is 39.2. The Morgan fingerprint density at radius 2 is 0.800 bits per heavy atom. The molecule has 13 heteroatoms. The fourth-order valence-electron chi connectivity index (χ4n) is 7.78. The molecule has 0 saturated heterocycles. The fourth-order valence-corrected chi connectivity index (χ4v) is 9.05. The molecule has 0 amide bonds. The normalized spacial score (nSPS) is 11.4. The van der Waals surface area contributed by atoms with Crippen LogP contribution in [0.2, 0.25) is 0 Å². The van der Waals surface area contributed by atoms with E-state index in [1.807, 2.05) is 6.07 Å². The summed E-state index contributed by atoms with van der Waals surface area (Å²) < 4.78 is 80.2. The number of unbranched alkanes of at least 4 members (excludes halogenated alkanes) is 22. The minimum atomic E-state index is -4.76. The van der Waals surface area contributed by atoms with Gasteiger partial charge in [-0.2, -0.15) is 8.42 Å². The van der Waals surface area contributed by atoms with E-state index in [4.69, 9.17) is 9.47 Å². The van der Waals surface area contributed by atoms with Gasteiger partial charge in [-0.3, -0.25) is 4.55 Å². The smallest absolute Gasteiger partial charge is 0.872 e. The molecular formula is C52H74CaO10S2. The van der Waals surface area contributed by atoms with Gasteiger partial charge in [0.05, 0.1) is 4.90 Å². The Labute approximate surface area is 421 Å². The molecule has 0 spiro atoms. The molecular weight excluding hydrogens is 889 g/mol. The molecule has 4 aromatic rings. The monoisotopic (exact) mass is 962 g/mol. The van der Waals surface area contributed by atoms with Crippen LogP contribution in [0.4, 0.5) is 0 Å². The van der Waals surface area contributed by atoms with E-state index in [2.05, 4.69) is 13.8 Å². The third-order valence-corrected chi connectivity index (χ3v) is 13.2. The van der Waals surface area contributed by atoms with Crippen molar-refractivity contribution in [2.45, 2.75) is 191 Å². The average Bonchev–Trinajstić information content (AvgIpc) is 3.26. The molecule has 65 heavy (non-hydrogen) atoms. The summed E-state index contributed by atoms with van der Waals surface area (Å²) in [5.41, 5.74) is 0.675. The fraction of sp³-hybridized carbons (Fsp3) is 0.538. The minimum absolute atomic E-state index is 0. The molecule has 0 aromatic heterocycles. The average molecular weight is 963 g/mol. The largest absolute Gasteiger partial charge is 2.00 e. The molecule has 0 aliphatic heterocycles. The second kappa shape index (κ2) is 33.6. The molecule has 0 aliphatic carbocycles. The van der Waals surface area contributed by atoms with Crippen molar-refractivity contribution in [1.82, 2.24) is 0 Å². The zero-order chi connectivity index (χ0) is 46.5. The van der Waals surface area contributed by atoms with Crippen molar-refractivity contribution in [1.29, 1.82) is 0 Å². The molecule has 0 fully saturated rings. The van der Waals surface area contributed by atoms with Crippen molar-refractivity contribution in [3.8, 4) is 34.5 Å². The van der Waals surface area contributed by atoms with Gasteiger partial charge in [0, 0.05) is 5.56 Å². The van der Waals surface area contributed by atoms with E-state index in [0.717, 1.165) is 50.7 Å². The summed E-state index contributed by atoms with van der Waals surface area (Å²) in [5.74, 6) is 0.388. The summed E-state index contributed by atoms with van der Waals surface area (Å²) in [6.45, 7) is 4.47. The number of hydrogen-bond donors (Lipinski definition) is 2. The van der Waals surface area contributed by atoms with Crippen LogP contribution >= 0.6 is 0 Å². The van der Waals surface area contributed by atoms with Crippen LogP contribution in [0, 0.1) is 0 Å². The molecule has 4 aromatic carbocycles. The molecule has 356 valence electrons. The van der Waals surface area contributed by atoms with Crippen molar-refractivity contribution >= 4 is 58.0 Å². The van der Waals surface area contributed by atoms with Gasteiger partial charge in [-0.1, -0.05) is 198 Å². The first-order chi connectivity index (χ1) is 30.9. The summed E-state index contributed by atoms with van der Waals surface area (Å²) in [6.07, 6.45) is 29.9. The number of rotatable bonds is 32. The zero-order valence-corrected chi connectivity index (χ0v) is 43.0. The Kier molecular flexibility index (Phi) is 30.1. The van der Waals surface area contributed by atoms with Crippen LogP contribution in [0.5, 0.6) is 34.5 Å². The molecule has 0 unspecified atom stereocenters. The van der Waals surface area contributed by atoms with Crippen molar-refractivity contribution < 1.29 is 45.6 Å². The van der Waals surface area contributed by atoms with Gasteiger partial charge in [0.15, 0.2) is 5.75 Å². The van der Waals surface area contributed by atoms with Crippen LogP contribution in [0.3, 0.4) is 0 Å². The van der Waals surface area contributed by atoms with Crippen LogP contribution in [0.15, 0.2) is 94.7 Å². The Balaban J connectivity index is 0.000000440. The van der Waals surface area contributed by atoms with Gasteiger partial charge in [0.1, 0.15) is 38.0 Å². The van der Waals surface area contributed by atoms with E-state index in [1.54, 1.807) is 54.6 Å². The van der Waals surface area contributed by atoms with E-state index in [-0.39, 0.29) is 71.2 Å². The molecule has 0 radical (unpaired) electrons. The van der Waals surface area contributed by atoms with E-state index >= 15 is 0 Å². The van der Waals surface area contributed by atoms with Crippen molar-refractivity contribution in [3.05, 3.63) is 96.1 Å². The second-order valence-electron chi connectivity index (χ2n) is 16.8. The first-order valence-corrected chi connectivity index (χ1v) is 26.8. The third kappa shape index (κ3) is 23.6.